The SMILES string of the molecule is CC(C)n1cc(S(=O)(=O)Cl)cc1C(=O)N1CCCCC1. The van der Waals surface area contributed by atoms with E-state index in [1.54, 1.807) is 9.47 Å². The van der Waals surface area contributed by atoms with E-state index in [4.69, 9.17) is 10.7 Å². The number of likely N-dealkylation sites (tertiary alicyclic amines) is 1. The van der Waals surface area contributed by atoms with Crippen LogP contribution in [0.15, 0.2) is 17.2 Å². The number of carbonyl (C=O) groups excluding carboxylic acids is 1. The lowest BCUT2D eigenvalue weighted by atomic mass is 10.1. The first-order valence-electron chi connectivity index (χ1n) is 6.76. The Kier molecular flexibility index (Phi) is 4.44. The van der Waals surface area contributed by atoms with Gasteiger partial charge in [-0.1, -0.05) is 0 Å². The third-order valence-electron chi connectivity index (χ3n) is 3.52. The van der Waals surface area contributed by atoms with Crippen LogP contribution < -0.4 is 0 Å². The Morgan fingerprint density at radius 2 is 1.85 bits per heavy atom. The van der Waals surface area contributed by atoms with Gasteiger partial charge in [-0.2, -0.15) is 0 Å². The zero-order valence-electron chi connectivity index (χ0n) is 11.7. The fourth-order valence-corrected chi connectivity index (χ4v) is 3.19. The van der Waals surface area contributed by atoms with Crippen LogP contribution in [0.25, 0.3) is 0 Å². The molecule has 0 spiro atoms. The molecular weight excluding hydrogens is 300 g/mol. The van der Waals surface area contributed by atoms with Gasteiger partial charge < -0.3 is 9.47 Å². The molecule has 2 heterocycles. The number of carbonyl (C=O) groups is 1. The predicted molar refractivity (Wildman–Crippen MR) is 77.6 cm³/mol. The number of halogens is 1. The van der Waals surface area contributed by atoms with Crippen LogP contribution in [-0.4, -0.2) is 36.9 Å². The van der Waals surface area contributed by atoms with E-state index in [-0.39, 0.29) is 16.8 Å². The Bertz CT molecular complexity index is 601. The highest BCUT2D eigenvalue weighted by atomic mass is 35.7. The molecular formula is C13H19ClN2O3S. The Morgan fingerprint density at radius 3 is 2.35 bits per heavy atom. The van der Waals surface area contributed by atoms with Crippen LogP contribution in [-0.2, 0) is 9.05 Å². The van der Waals surface area contributed by atoms with E-state index in [1.807, 2.05) is 13.8 Å². The molecule has 0 bridgehead atoms. The highest BCUT2D eigenvalue weighted by Gasteiger charge is 2.25. The summed E-state index contributed by atoms with van der Waals surface area (Å²) in [6, 6.07) is 1.37. The van der Waals surface area contributed by atoms with Crippen molar-refractivity contribution >= 4 is 25.6 Å². The van der Waals surface area contributed by atoms with E-state index in [9.17, 15) is 13.2 Å². The third kappa shape index (κ3) is 3.17. The lowest BCUT2D eigenvalue weighted by molar-refractivity contribution is 0.0711. The molecule has 1 aromatic heterocycles. The van der Waals surface area contributed by atoms with Crippen molar-refractivity contribution in [1.29, 1.82) is 0 Å². The number of amides is 1. The molecule has 1 amide bonds. The molecule has 1 fully saturated rings. The van der Waals surface area contributed by atoms with E-state index in [0.717, 1.165) is 32.4 Å². The summed E-state index contributed by atoms with van der Waals surface area (Å²) in [5.74, 6) is -0.120. The highest BCUT2D eigenvalue weighted by Crippen LogP contribution is 2.24. The number of hydrogen-bond acceptors (Lipinski definition) is 3. The second-order valence-corrected chi connectivity index (χ2v) is 7.92. The second-order valence-electron chi connectivity index (χ2n) is 5.35. The Labute approximate surface area is 123 Å². The summed E-state index contributed by atoms with van der Waals surface area (Å²) < 4.78 is 24.6. The van der Waals surface area contributed by atoms with Crippen LogP contribution in [0.4, 0.5) is 0 Å². The van der Waals surface area contributed by atoms with Gasteiger partial charge in [0.1, 0.15) is 10.6 Å². The molecule has 0 aromatic carbocycles. The molecule has 2 rings (SSSR count). The van der Waals surface area contributed by atoms with Crippen molar-refractivity contribution in [2.24, 2.45) is 0 Å². The monoisotopic (exact) mass is 318 g/mol. The van der Waals surface area contributed by atoms with E-state index in [2.05, 4.69) is 0 Å². The largest absolute Gasteiger partial charge is 0.340 e. The minimum Gasteiger partial charge on any atom is -0.340 e. The van der Waals surface area contributed by atoms with E-state index >= 15 is 0 Å². The first kappa shape index (κ1) is 15.4. The van der Waals surface area contributed by atoms with E-state index in [0.29, 0.717) is 5.69 Å². The Balaban J connectivity index is 2.38. The molecule has 1 saturated heterocycles. The van der Waals surface area contributed by atoms with Crippen molar-refractivity contribution < 1.29 is 13.2 Å². The summed E-state index contributed by atoms with van der Waals surface area (Å²) in [6.45, 7) is 5.26. The molecule has 20 heavy (non-hydrogen) atoms. The molecule has 0 saturated carbocycles. The van der Waals surface area contributed by atoms with Gasteiger partial charge in [0.2, 0.25) is 0 Å². The Morgan fingerprint density at radius 1 is 1.25 bits per heavy atom. The average Bonchev–Trinajstić information content (AvgIpc) is 2.84. The first-order valence-corrected chi connectivity index (χ1v) is 9.07. The maximum absolute atomic E-state index is 12.5. The van der Waals surface area contributed by atoms with Crippen LogP contribution in [0, 0.1) is 0 Å². The van der Waals surface area contributed by atoms with Gasteiger partial charge in [-0.3, -0.25) is 4.79 Å². The molecule has 1 aliphatic heterocycles. The van der Waals surface area contributed by atoms with Crippen molar-refractivity contribution in [3.63, 3.8) is 0 Å². The van der Waals surface area contributed by atoms with Gasteiger partial charge in [-0.25, -0.2) is 8.42 Å². The zero-order chi connectivity index (χ0) is 14.9. The predicted octanol–water partition coefficient (Wildman–Crippen LogP) is 2.62. The average molecular weight is 319 g/mol. The van der Waals surface area contributed by atoms with Crippen molar-refractivity contribution in [2.45, 2.75) is 44.0 Å². The molecule has 0 N–H and O–H groups in total. The van der Waals surface area contributed by atoms with Crippen LogP contribution in [0.5, 0.6) is 0 Å². The molecule has 7 heteroatoms. The van der Waals surface area contributed by atoms with Gasteiger partial charge >= 0.3 is 0 Å². The van der Waals surface area contributed by atoms with Gasteiger partial charge in [-0.15, -0.1) is 0 Å². The zero-order valence-corrected chi connectivity index (χ0v) is 13.2. The number of rotatable bonds is 3. The molecule has 0 radical (unpaired) electrons. The fraction of sp³-hybridized carbons (Fsp3) is 0.615. The standard InChI is InChI=1S/C13H19ClN2O3S/c1-10(2)16-9-11(20(14,18)19)8-12(16)13(17)15-6-4-3-5-7-15/h8-10H,3-7H2,1-2H3. The van der Waals surface area contributed by atoms with E-state index < -0.39 is 9.05 Å². The summed E-state index contributed by atoms with van der Waals surface area (Å²) in [4.78, 5) is 14.3. The first-order chi connectivity index (χ1) is 9.30. The van der Waals surface area contributed by atoms with Gasteiger partial charge in [-0.05, 0) is 39.2 Å². The van der Waals surface area contributed by atoms with Gasteiger partial charge in [0.05, 0.1) is 0 Å². The van der Waals surface area contributed by atoms with Gasteiger partial charge in [0.25, 0.3) is 15.0 Å². The summed E-state index contributed by atoms with van der Waals surface area (Å²) in [6.07, 6.45) is 4.56. The van der Waals surface area contributed by atoms with Crippen molar-refractivity contribution in [3.8, 4) is 0 Å². The molecule has 0 aliphatic carbocycles. The topological polar surface area (TPSA) is 59.4 Å². The van der Waals surface area contributed by atoms with Crippen molar-refractivity contribution in [2.75, 3.05) is 13.1 Å². The Hall–Kier alpha value is -1.01. The van der Waals surface area contributed by atoms with Crippen molar-refractivity contribution in [1.82, 2.24) is 9.47 Å². The quantitative estimate of drug-likeness (QED) is 0.805. The third-order valence-corrected chi connectivity index (χ3v) is 4.84. The number of nitrogens with zero attached hydrogens (tertiary/aromatic N) is 2. The van der Waals surface area contributed by atoms with Crippen molar-refractivity contribution in [3.05, 3.63) is 18.0 Å². The van der Waals surface area contributed by atoms with Crippen LogP contribution in [0.2, 0.25) is 0 Å². The summed E-state index contributed by atoms with van der Waals surface area (Å²) in [5.41, 5.74) is 0.390. The smallest absolute Gasteiger partial charge is 0.270 e. The number of hydrogen-bond donors (Lipinski definition) is 0. The second kappa shape index (κ2) is 5.77. The molecule has 5 nitrogen and oxygen atoms in total. The maximum Gasteiger partial charge on any atom is 0.270 e. The number of aromatic nitrogens is 1. The summed E-state index contributed by atoms with van der Waals surface area (Å²) in [5, 5.41) is 0. The maximum atomic E-state index is 12.5. The lowest BCUT2D eigenvalue weighted by Gasteiger charge is -2.27. The minimum atomic E-state index is -3.82. The number of piperidine rings is 1. The van der Waals surface area contributed by atoms with Crippen LogP contribution >= 0.6 is 10.7 Å². The van der Waals surface area contributed by atoms with Gasteiger partial charge in [0, 0.05) is 36.0 Å². The molecule has 1 aliphatic rings. The minimum absolute atomic E-state index is 0.00842. The normalized spacial score (nSPS) is 16.7. The summed E-state index contributed by atoms with van der Waals surface area (Å²) >= 11 is 0. The molecule has 112 valence electrons. The molecule has 1 aromatic rings. The van der Waals surface area contributed by atoms with E-state index in [1.165, 1.54) is 12.3 Å². The fourth-order valence-electron chi connectivity index (χ4n) is 2.44. The molecule has 0 atom stereocenters. The van der Waals surface area contributed by atoms with Crippen LogP contribution in [0.1, 0.15) is 49.6 Å². The summed E-state index contributed by atoms with van der Waals surface area (Å²) in [7, 11) is 1.55. The van der Waals surface area contributed by atoms with Gasteiger partial charge in [0.15, 0.2) is 0 Å². The lowest BCUT2D eigenvalue weighted by Crippen LogP contribution is -2.36. The molecule has 0 unspecified atom stereocenters. The van der Waals surface area contributed by atoms with Crippen LogP contribution in [0.3, 0.4) is 0 Å². The highest BCUT2D eigenvalue weighted by molar-refractivity contribution is 8.13.